The van der Waals surface area contributed by atoms with E-state index in [0.29, 0.717) is 0 Å². The Morgan fingerprint density at radius 3 is 1.47 bits per heavy atom. The van der Waals surface area contributed by atoms with Crippen LogP contribution < -0.4 is 15.9 Å². The second-order valence-electron chi connectivity index (χ2n) is 11.3. The van der Waals surface area contributed by atoms with Gasteiger partial charge in [-0.2, -0.15) is 0 Å². The summed E-state index contributed by atoms with van der Waals surface area (Å²) in [5, 5.41) is 10.7. The Balaban J connectivity index is 1.41. The second-order valence-corrected chi connectivity index (χ2v) is 13.5. The quantitative estimate of drug-likeness (QED) is 0.107. The van der Waals surface area contributed by atoms with Crippen LogP contribution in [0.4, 0.5) is 0 Å². The van der Waals surface area contributed by atoms with Gasteiger partial charge in [-0.3, -0.25) is 4.79 Å². The first-order valence-electron chi connectivity index (χ1n) is 15.2. The zero-order valence-corrected chi connectivity index (χ0v) is 25.5. The smallest absolute Gasteiger partial charge is 0.151 e. The minimum Gasteiger partial charge on any atom is -0.298 e. The number of carbonyl (C=O) groups is 1. The molecule has 0 bridgehead atoms. The van der Waals surface area contributed by atoms with E-state index < -0.39 is 7.92 Å². The lowest BCUT2D eigenvalue weighted by Gasteiger charge is -2.22. The fourth-order valence-corrected chi connectivity index (χ4v) is 9.11. The Morgan fingerprint density at radius 2 is 0.889 bits per heavy atom. The van der Waals surface area contributed by atoms with Crippen molar-refractivity contribution in [1.82, 2.24) is 0 Å². The molecule has 45 heavy (non-hydrogen) atoms. The van der Waals surface area contributed by atoms with Crippen molar-refractivity contribution in [2.75, 3.05) is 0 Å². The van der Waals surface area contributed by atoms with E-state index in [1.165, 1.54) is 37.8 Å². The molecule has 0 aliphatic heterocycles. The molecule has 1 nitrogen and oxygen atoms in total. The maximum absolute atomic E-state index is 12.7. The zero-order chi connectivity index (χ0) is 30.2. The Kier molecular flexibility index (Phi) is 7.03. The maximum Gasteiger partial charge on any atom is 0.151 e. The zero-order valence-electron chi connectivity index (χ0n) is 24.6. The average molecular weight is 593 g/mol. The van der Waals surface area contributed by atoms with Gasteiger partial charge in [0.1, 0.15) is 0 Å². The lowest BCUT2D eigenvalue weighted by Crippen LogP contribution is -2.20. The molecule has 0 aromatic heterocycles. The maximum atomic E-state index is 12.7. The van der Waals surface area contributed by atoms with E-state index in [2.05, 4.69) is 152 Å². The highest BCUT2D eigenvalue weighted by atomic mass is 31.1. The SMILES string of the molecule is O=Cc1c(-c2c3ccccc3c(-c3cccc(P(c4ccccc4)c4ccccc4)c3)c3ccccc23)ccc2ccccc12. The van der Waals surface area contributed by atoms with Crippen LogP contribution in [-0.2, 0) is 0 Å². The molecule has 0 unspecified atom stereocenters. The summed E-state index contributed by atoms with van der Waals surface area (Å²) in [7, 11) is -0.744. The lowest BCUT2D eigenvalue weighted by molar-refractivity contribution is 0.112. The summed E-state index contributed by atoms with van der Waals surface area (Å²) in [5.74, 6) is 0. The van der Waals surface area contributed by atoms with E-state index in [4.69, 9.17) is 0 Å². The molecule has 0 amide bonds. The van der Waals surface area contributed by atoms with Crippen LogP contribution in [0.25, 0.3) is 54.6 Å². The normalized spacial score (nSPS) is 11.4. The number of carbonyl (C=O) groups excluding carboxylic acids is 1. The molecule has 0 radical (unpaired) electrons. The number of hydrogen-bond donors (Lipinski definition) is 0. The Morgan fingerprint density at radius 1 is 0.400 bits per heavy atom. The topological polar surface area (TPSA) is 17.1 Å². The molecule has 0 atom stereocenters. The van der Waals surface area contributed by atoms with Crippen LogP contribution in [0.2, 0.25) is 0 Å². The van der Waals surface area contributed by atoms with Crippen LogP contribution in [0.15, 0.2) is 170 Å². The van der Waals surface area contributed by atoms with Gasteiger partial charge in [-0.25, -0.2) is 0 Å². The van der Waals surface area contributed by atoms with Crippen molar-refractivity contribution in [1.29, 1.82) is 0 Å². The lowest BCUT2D eigenvalue weighted by atomic mass is 9.84. The summed E-state index contributed by atoms with van der Waals surface area (Å²) in [6.07, 6.45) is 1.02. The first-order chi connectivity index (χ1) is 22.3. The molecule has 0 spiro atoms. The van der Waals surface area contributed by atoms with Gasteiger partial charge in [0.15, 0.2) is 6.29 Å². The van der Waals surface area contributed by atoms with Crippen LogP contribution in [0.5, 0.6) is 0 Å². The van der Waals surface area contributed by atoms with Gasteiger partial charge in [0.05, 0.1) is 0 Å². The van der Waals surface area contributed by atoms with Crippen molar-refractivity contribution < 1.29 is 4.79 Å². The third kappa shape index (κ3) is 4.74. The summed E-state index contributed by atoms with van der Waals surface area (Å²) in [6.45, 7) is 0. The fraction of sp³-hybridized carbons (Fsp3) is 0. The van der Waals surface area contributed by atoms with Crippen LogP contribution >= 0.6 is 7.92 Å². The van der Waals surface area contributed by atoms with Gasteiger partial charge in [-0.05, 0) is 84.5 Å². The van der Waals surface area contributed by atoms with Crippen LogP contribution in [0, 0.1) is 0 Å². The summed E-state index contributed by atoms with van der Waals surface area (Å²) in [6, 6.07) is 60.5. The molecular weight excluding hydrogens is 563 g/mol. The van der Waals surface area contributed by atoms with Crippen molar-refractivity contribution in [3.8, 4) is 22.3 Å². The molecule has 0 aliphatic rings. The van der Waals surface area contributed by atoms with E-state index in [9.17, 15) is 4.79 Å². The highest BCUT2D eigenvalue weighted by Crippen LogP contribution is 2.45. The second kappa shape index (κ2) is 11.6. The molecule has 0 saturated heterocycles. The van der Waals surface area contributed by atoms with Crippen molar-refractivity contribution in [2.45, 2.75) is 0 Å². The number of hydrogen-bond acceptors (Lipinski definition) is 1. The average Bonchev–Trinajstić information content (AvgIpc) is 3.11. The van der Waals surface area contributed by atoms with Gasteiger partial charge in [0.25, 0.3) is 0 Å². The summed E-state index contributed by atoms with van der Waals surface area (Å²) in [5.41, 5.74) is 5.21. The molecule has 0 N–H and O–H groups in total. The largest absolute Gasteiger partial charge is 0.298 e. The molecule has 2 heteroatoms. The predicted molar refractivity (Wildman–Crippen MR) is 194 cm³/mol. The van der Waals surface area contributed by atoms with Crippen LogP contribution in [-0.4, -0.2) is 6.29 Å². The minimum atomic E-state index is -0.744. The van der Waals surface area contributed by atoms with E-state index >= 15 is 0 Å². The molecule has 8 aromatic rings. The highest BCUT2D eigenvalue weighted by Gasteiger charge is 2.21. The molecule has 212 valence electrons. The molecular formula is C43H29OP. The van der Waals surface area contributed by atoms with E-state index in [1.807, 2.05) is 18.2 Å². The molecule has 0 heterocycles. The van der Waals surface area contributed by atoms with E-state index in [0.717, 1.165) is 44.5 Å². The van der Waals surface area contributed by atoms with Gasteiger partial charge < -0.3 is 0 Å². The fourth-order valence-electron chi connectivity index (χ4n) is 6.77. The third-order valence-electron chi connectivity index (χ3n) is 8.71. The van der Waals surface area contributed by atoms with E-state index in [-0.39, 0.29) is 0 Å². The van der Waals surface area contributed by atoms with Crippen molar-refractivity contribution in [3.05, 3.63) is 175 Å². The summed E-state index contributed by atoms with van der Waals surface area (Å²) in [4.78, 5) is 12.7. The van der Waals surface area contributed by atoms with E-state index in [1.54, 1.807) is 0 Å². The predicted octanol–water partition coefficient (Wildman–Crippen LogP) is 10.1. The Bertz CT molecular complexity index is 2240. The van der Waals surface area contributed by atoms with Crippen LogP contribution in [0.3, 0.4) is 0 Å². The molecule has 0 saturated carbocycles. The first-order valence-corrected chi connectivity index (χ1v) is 16.6. The van der Waals surface area contributed by atoms with Gasteiger partial charge in [-0.1, -0.05) is 164 Å². The molecule has 8 rings (SSSR count). The minimum absolute atomic E-state index is 0.731. The highest BCUT2D eigenvalue weighted by molar-refractivity contribution is 7.79. The van der Waals surface area contributed by atoms with Gasteiger partial charge in [0, 0.05) is 5.56 Å². The number of benzene rings is 8. The summed E-state index contributed by atoms with van der Waals surface area (Å²) < 4.78 is 0. The van der Waals surface area contributed by atoms with Crippen molar-refractivity contribution in [3.63, 3.8) is 0 Å². The number of rotatable bonds is 6. The Labute approximate surface area is 264 Å². The van der Waals surface area contributed by atoms with Crippen molar-refractivity contribution in [2.24, 2.45) is 0 Å². The number of aldehydes is 1. The molecule has 8 aromatic carbocycles. The van der Waals surface area contributed by atoms with Gasteiger partial charge >= 0.3 is 0 Å². The number of fused-ring (bicyclic) bond motifs is 3. The van der Waals surface area contributed by atoms with Gasteiger partial charge in [-0.15, -0.1) is 0 Å². The molecule has 0 aliphatic carbocycles. The molecule has 0 fully saturated rings. The van der Waals surface area contributed by atoms with Crippen LogP contribution in [0.1, 0.15) is 10.4 Å². The Hall–Kier alpha value is -5.36. The van der Waals surface area contributed by atoms with Gasteiger partial charge in [0.2, 0.25) is 0 Å². The summed E-state index contributed by atoms with van der Waals surface area (Å²) >= 11 is 0. The monoisotopic (exact) mass is 592 g/mol. The standard InChI is InChI=1S/C43H29OP/c44-29-41-35-21-8-7-14-30(35)26-27-40(41)43-38-24-11-9-22-36(38)42(37-23-10-12-25-39(37)43)31-15-13-20-34(28-31)45(32-16-3-1-4-17-32)33-18-5-2-6-19-33/h1-29H. The third-order valence-corrected chi connectivity index (χ3v) is 11.1. The van der Waals surface area contributed by atoms with Crippen molar-refractivity contribution >= 4 is 62.4 Å². The first kappa shape index (κ1) is 27.2.